The molecular formula is C5H10S5. The molecular weight excluding hydrogens is 220 g/mol. The fourth-order valence-electron chi connectivity index (χ4n) is 0.927. The van der Waals surface area contributed by atoms with Crippen molar-refractivity contribution in [1.29, 1.82) is 0 Å². The summed E-state index contributed by atoms with van der Waals surface area (Å²) in [5.41, 5.74) is 0. The Balaban J connectivity index is 1.78. The molecule has 60 valence electrons. The molecule has 0 N–H and O–H groups in total. The van der Waals surface area contributed by atoms with Crippen LogP contribution in [0.2, 0.25) is 0 Å². The molecule has 0 aromatic rings. The maximum Gasteiger partial charge on any atom is 0.0346 e. The van der Waals surface area contributed by atoms with Crippen molar-refractivity contribution >= 4 is 54.1 Å². The molecule has 0 nitrogen and oxygen atoms in total. The van der Waals surface area contributed by atoms with Crippen molar-refractivity contribution in [2.24, 2.45) is 0 Å². The first kappa shape index (κ1) is 8.35. The zero-order chi connectivity index (χ0) is 6.81. The third-order valence-corrected chi connectivity index (χ3v) is 13.0. The van der Waals surface area contributed by atoms with Gasteiger partial charge in [0, 0.05) is 14.8 Å². The van der Waals surface area contributed by atoms with E-state index in [2.05, 4.69) is 33.3 Å². The second-order valence-electron chi connectivity index (χ2n) is 2.26. The maximum absolute atomic E-state index is 2.20. The van der Waals surface area contributed by atoms with E-state index >= 15 is 0 Å². The highest BCUT2D eigenvalue weighted by molar-refractivity contribution is 9.11. The molecule has 1 atom stereocenters. The Morgan fingerprint density at radius 2 is 1.90 bits per heavy atom. The lowest BCUT2D eigenvalue weighted by Crippen LogP contribution is -2.18. The molecule has 2 heterocycles. The van der Waals surface area contributed by atoms with E-state index in [1.165, 1.54) is 22.3 Å². The lowest BCUT2D eigenvalue weighted by molar-refractivity contribution is 1.00. The van der Waals surface area contributed by atoms with Crippen molar-refractivity contribution in [3.8, 4) is 0 Å². The van der Waals surface area contributed by atoms with Gasteiger partial charge in [-0.1, -0.05) is 21.6 Å². The number of hydrogen-bond acceptors (Lipinski definition) is 4. The molecule has 1 unspecified atom stereocenters. The molecule has 2 fully saturated rings. The van der Waals surface area contributed by atoms with Crippen LogP contribution in [0.3, 0.4) is 0 Å². The van der Waals surface area contributed by atoms with Gasteiger partial charge in [0.1, 0.15) is 0 Å². The van der Waals surface area contributed by atoms with Crippen LogP contribution < -0.4 is 0 Å². The summed E-state index contributed by atoms with van der Waals surface area (Å²) in [7, 11) is 6.56. The molecule has 0 amide bonds. The second-order valence-corrected chi connectivity index (χ2v) is 11.4. The largest absolute Gasteiger partial charge is 0.222 e. The van der Waals surface area contributed by atoms with Gasteiger partial charge in [0.15, 0.2) is 0 Å². The minimum atomic E-state index is 0.422. The molecule has 0 aromatic heterocycles. The van der Waals surface area contributed by atoms with Gasteiger partial charge in [0.2, 0.25) is 0 Å². The van der Waals surface area contributed by atoms with Gasteiger partial charge in [-0.15, -0.1) is 11.8 Å². The predicted octanol–water partition coefficient (Wildman–Crippen LogP) is 3.41. The van der Waals surface area contributed by atoms with Gasteiger partial charge in [-0.3, -0.25) is 0 Å². The molecule has 2 saturated heterocycles. The Hall–Kier alpha value is 1.75. The van der Waals surface area contributed by atoms with Gasteiger partial charge < -0.3 is 0 Å². The fourth-order valence-corrected chi connectivity index (χ4v) is 14.5. The normalized spacial score (nSPS) is 37.2. The maximum atomic E-state index is 2.20. The molecule has 2 aliphatic heterocycles. The molecule has 5 heteroatoms. The van der Waals surface area contributed by atoms with Gasteiger partial charge in [-0.05, 0) is 22.0 Å². The quantitative estimate of drug-likeness (QED) is 0.541. The Morgan fingerprint density at radius 3 is 2.40 bits per heavy atom. The lowest BCUT2D eigenvalue weighted by Gasteiger charge is -2.37. The van der Waals surface area contributed by atoms with Crippen molar-refractivity contribution in [2.45, 2.75) is 11.0 Å². The minimum Gasteiger partial charge on any atom is -0.222 e. The first-order valence-electron chi connectivity index (χ1n) is 3.23. The standard InChI is InChI=1S/C5H10S5/c1-2-6-5(1)10-3-7-9-8-4-10/h5,10H,1-4H2. The van der Waals surface area contributed by atoms with E-state index in [0.29, 0.717) is 10.9 Å². The Kier molecular flexibility index (Phi) is 3.44. The monoisotopic (exact) mass is 230 g/mol. The highest BCUT2D eigenvalue weighted by atomic mass is 33.5. The van der Waals surface area contributed by atoms with E-state index in [9.17, 15) is 0 Å². The Labute approximate surface area is 80.6 Å². The number of rotatable bonds is 1. The number of thiol groups is 1. The number of hydrogen-bond donors (Lipinski definition) is 1. The van der Waals surface area contributed by atoms with Crippen molar-refractivity contribution in [3.05, 3.63) is 0 Å². The van der Waals surface area contributed by atoms with Crippen LogP contribution >= 0.6 is 54.1 Å². The van der Waals surface area contributed by atoms with Crippen LogP contribution in [0.5, 0.6) is 0 Å². The third-order valence-electron chi connectivity index (χ3n) is 1.62. The van der Waals surface area contributed by atoms with Crippen molar-refractivity contribution < 1.29 is 0 Å². The van der Waals surface area contributed by atoms with Crippen LogP contribution in [0.4, 0.5) is 0 Å². The minimum absolute atomic E-state index is 0.422. The summed E-state index contributed by atoms with van der Waals surface area (Å²) in [6.07, 6.45) is 1.52. The van der Waals surface area contributed by atoms with Crippen LogP contribution in [0, 0.1) is 0 Å². The third kappa shape index (κ3) is 1.91. The molecule has 0 spiro atoms. The molecule has 2 aliphatic rings. The Morgan fingerprint density at radius 1 is 1.20 bits per heavy atom. The molecule has 0 saturated carbocycles. The van der Waals surface area contributed by atoms with E-state index in [-0.39, 0.29) is 0 Å². The first-order valence-corrected chi connectivity index (χ1v) is 9.89. The average molecular weight is 230 g/mol. The van der Waals surface area contributed by atoms with Gasteiger partial charge in [0.05, 0.1) is 0 Å². The zero-order valence-corrected chi connectivity index (χ0v) is 9.65. The topological polar surface area (TPSA) is 0 Å². The zero-order valence-electron chi connectivity index (χ0n) is 5.49. The highest BCUT2D eigenvalue weighted by Crippen LogP contribution is 2.58. The fraction of sp³-hybridized carbons (Fsp3) is 1.00. The summed E-state index contributed by atoms with van der Waals surface area (Å²) in [5, 5.41) is 2.93. The molecule has 0 bridgehead atoms. The molecule has 0 radical (unpaired) electrons. The van der Waals surface area contributed by atoms with Crippen LogP contribution in [0.25, 0.3) is 0 Å². The van der Waals surface area contributed by atoms with Gasteiger partial charge in [-0.2, -0.15) is 0 Å². The average Bonchev–Trinajstić information content (AvgIpc) is 1.86. The highest BCUT2D eigenvalue weighted by Gasteiger charge is 2.26. The summed E-state index contributed by atoms with van der Waals surface area (Å²) >= 11 is 2.20. The molecule has 2 rings (SSSR count). The lowest BCUT2D eigenvalue weighted by atomic mass is 10.5. The van der Waals surface area contributed by atoms with E-state index in [4.69, 9.17) is 0 Å². The van der Waals surface area contributed by atoms with Crippen LogP contribution in [-0.4, -0.2) is 20.5 Å². The summed E-state index contributed by atoms with van der Waals surface area (Å²) in [5.74, 6) is 1.44. The summed E-state index contributed by atoms with van der Waals surface area (Å²) < 4.78 is 1.09. The van der Waals surface area contributed by atoms with Gasteiger partial charge in [0.25, 0.3) is 0 Å². The van der Waals surface area contributed by atoms with Crippen molar-refractivity contribution in [3.63, 3.8) is 0 Å². The van der Waals surface area contributed by atoms with Crippen molar-refractivity contribution in [2.75, 3.05) is 15.9 Å². The van der Waals surface area contributed by atoms with E-state index < -0.39 is 0 Å². The van der Waals surface area contributed by atoms with E-state index in [0.717, 1.165) is 4.58 Å². The van der Waals surface area contributed by atoms with Gasteiger partial charge in [-0.25, -0.2) is 10.9 Å². The van der Waals surface area contributed by atoms with Crippen molar-refractivity contribution in [1.82, 2.24) is 0 Å². The molecule has 0 aliphatic carbocycles. The SMILES string of the molecule is C1CC([SH]2CSSSC2)S1. The molecule has 0 aromatic carbocycles. The van der Waals surface area contributed by atoms with E-state index in [1.54, 1.807) is 0 Å². The van der Waals surface area contributed by atoms with E-state index in [1.807, 2.05) is 9.83 Å². The summed E-state index contributed by atoms with van der Waals surface area (Å²) in [6, 6.07) is 0. The first-order chi connectivity index (χ1) is 4.97. The summed E-state index contributed by atoms with van der Waals surface area (Å²) in [6.45, 7) is 0. The van der Waals surface area contributed by atoms with Crippen LogP contribution in [-0.2, 0) is 0 Å². The summed E-state index contributed by atoms with van der Waals surface area (Å²) in [4.78, 5) is 0. The Bertz CT molecular complexity index is 107. The van der Waals surface area contributed by atoms with Crippen LogP contribution in [0.1, 0.15) is 6.42 Å². The second kappa shape index (κ2) is 4.12. The predicted molar refractivity (Wildman–Crippen MR) is 62.4 cm³/mol. The number of thioether (sulfide) groups is 1. The van der Waals surface area contributed by atoms with Gasteiger partial charge >= 0.3 is 0 Å². The molecule has 10 heavy (non-hydrogen) atoms. The van der Waals surface area contributed by atoms with Crippen LogP contribution in [0.15, 0.2) is 0 Å². The smallest absolute Gasteiger partial charge is 0.0346 e.